The summed E-state index contributed by atoms with van der Waals surface area (Å²) >= 11 is 0. The van der Waals surface area contributed by atoms with Crippen LogP contribution in [0.3, 0.4) is 0 Å². The molecule has 1 N–H and O–H groups in total. The van der Waals surface area contributed by atoms with Gasteiger partial charge in [-0.05, 0) is 44.8 Å². The molecule has 1 aromatic rings. The maximum Gasteiger partial charge on any atom is 0.145 e. The zero-order valence-corrected chi connectivity index (χ0v) is 13.3. The fourth-order valence-corrected chi connectivity index (χ4v) is 3.15. The Hall–Kier alpha value is -1.37. The monoisotopic (exact) mass is 285 g/mol. The standard InChI is InChI=1S/C18H27N3/c1-3-12-20-18(14-19,17-10-5-4-6-11-17)15-21-13-8-7-9-16(21)2/h4-6,10-11,16,20H,3,7-9,12-13,15H2,1-2H3. The van der Waals surface area contributed by atoms with Gasteiger partial charge in [0.25, 0.3) is 0 Å². The first-order valence-electron chi connectivity index (χ1n) is 8.17. The Bertz CT molecular complexity index is 465. The zero-order valence-electron chi connectivity index (χ0n) is 13.3. The number of nitriles is 1. The third kappa shape index (κ3) is 3.84. The molecule has 114 valence electrons. The van der Waals surface area contributed by atoms with Crippen LogP contribution in [0.2, 0.25) is 0 Å². The topological polar surface area (TPSA) is 39.1 Å². The second-order valence-corrected chi connectivity index (χ2v) is 6.13. The smallest absolute Gasteiger partial charge is 0.145 e. The Morgan fingerprint density at radius 2 is 2.10 bits per heavy atom. The summed E-state index contributed by atoms with van der Waals surface area (Å²) in [5.74, 6) is 0. The summed E-state index contributed by atoms with van der Waals surface area (Å²) < 4.78 is 0. The molecule has 1 aromatic carbocycles. The van der Waals surface area contributed by atoms with Gasteiger partial charge in [-0.1, -0.05) is 43.7 Å². The number of piperidine rings is 1. The van der Waals surface area contributed by atoms with Gasteiger partial charge in [-0.15, -0.1) is 0 Å². The van der Waals surface area contributed by atoms with E-state index >= 15 is 0 Å². The lowest BCUT2D eigenvalue weighted by Crippen LogP contribution is -2.53. The van der Waals surface area contributed by atoms with E-state index in [-0.39, 0.29) is 0 Å². The van der Waals surface area contributed by atoms with Gasteiger partial charge < -0.3 is 0 Å². The number of benzene rings is 1. The molecule has 0 amide bonds. The molecule has 2 atom stereocenters. The number of hydrogen-bond acceptors (Lipinski definition) is 3. The van der Waals surface area contributed by atoms with Gasteiger partial charge in [0.05, 0.1) is 6.07 Å². The maximum atomic E-state index is 9.93. The van der Waals surface area contributed by atoms with Crippen LogP contribution in [0.1, 0.15) is 45.1 Å². The van der Waals surface area contributed by atoms with Crippen molar-refractivity contribution in [3.8, 4) is 6.07 Å². The van der Waals surface area contributed by atoms with E-state index in [1.807, 2.05) is 18.2 Å². The van der Waals surface area contributed by atoms with Gasteiger partial charge in [0.2, 0.25) is 0 Å². The van der Waals surface area contributed by atoms with Gasteiger partial charge >= 0.3 is 0 Å². The molecular weight excluding hydrogens is 258 g/mol. The molecule has 0 aliphatic carbocycles. The number of hydrogen-bond donors (Lipinski definition) is 1. The Morgan fingerprint density at radius 3 is 2.71 bits per heavy atom. The lowest BCUT2D eigenvalue weighted by atomic mass is 9.88. The summed E-state index contributed by atoms with van der Waals surface area (Å²) in [4.78, 5) is 2.47. The lowest BCUT2D eigenvalue weighted by molar-refractivity contribution is 0.126. The number of likely N-dealkylation sites (tertiary alicyclic amines) is 1. The van der Waals surface area contributed by atoms with Crippen LogP contribution in [0.5, 0.6) is 0 Å². The van der Waals surface area contributed by atoms with Crippen molar-refractivity contribution in [1.29, 1.82) is 5.26 Å². The van der Waals surface area contributed by atoms with E-state index < -0.39 is 5.54 Å². The fraction of sp³-hybridized carbons (Fsp3) is 0.611. The fourth-order valence-electron chi connectivity index (χ4n) is 3.15. The van der Waals surface area contributed by atoms with E-state index in [1.54, 1.807) is 0 Å². The molecular formula is C18H27N3. The van der Waals surface area contributed by atoms with Gasteiger partial charge in [0.1, 0.15) is 5.54 Å². The summed E-state index contributed by atoms with van der Waals surface area (Å²) in [5.41, 5.74) is 0.488. The van der Waals surface area contributed by atoms with Crippen LogP contribution in [0.4, 0.5) is 0 Å². The Kier molecular flexibility index (Phi) is 5.78. The Balaban J connectivity index is 2.24. The number of rotatable bonds is 6. The summed E-state index contributed by atoms with van der Waals surface area (Å²) in [5, 5.41) is 13.4. The predicted octanol–water partition coefficient (Wildman–Crippen LogP) is 3.28. The molecule has 1 aliphatic rings. The molecule has 0 radical (unpaired) electrons. The van der Waals surface area contributed by atoms with Crippen molar-refractivity contribution in [2.75, 3.05) is 19.6 Å². The molecule has 1 heterocycles. The third-order valence-corrected chi connectivity index (χ3v) is 4.52. The van der Waals surface area contributed by atoms with Crippen LogP contribution < -0.4 is 5.32 Å². The summed E-state index contributed by atoms with van der Waals surface area (Å²) in [6.07, 6.45) is 4.83. The van der Waals surface area contributed by atoms with Crippen LogP contribution >= 0.6 is 0 Å². The van der Waals surface area contributed by atoms with Crippen molar-refractivity contribution in [2.24, 2.45) is 0 Å². The molecule has 1 aliphatic heterocycles. The molecule has 1 fully saturated rings. The highest BCUT2D eigenvalue weighted by molar-refractivity contribution is 5.32. The van der Waals surface area contributed by atoms with Crippen LogP contribution in [0.15, 0.2) is 30.3 Å². The SMILES string of the molecule is CCCNC(C#N)(CN1CCCCC1C)c1ccccc1. The Morgan fingerprint density at radius 1 is 1.33 bits per heavy atom. The largest absolute Gasteiger partial charge is 0.297 e. The van der Waals surface area contributed by atoms with Crippen molar-refractivity contribution in [2.45, 2.75) is 51.1 Å². The molecule has 3 heteroatoms. The highest BCUT2D eigenvalue weighted by atomic mass is 15.2. The summed E-state index contributed by atoms with van der Waals surface area (Å²) in [7, 11) is 0. The van der Waals surface area contributed by atoms with Crippen LogP contribution in [-0.4, -0.2) is 30.6 Å². The number of nitrogens with zero attached hydrogens (tertiary/aromatic N) is 2. The van der Waals surface area contributed by atoms with Gasteiger partial charge in [-0.2, -0.15) is 5.26 Å². The van der Waals surface area contributed by atoms with Crippen LogP contribution in [-0.2, 0) is 5.54 Å². The average Bonchev–Trinajstić information content (AvgIpc) is 2.54. The minimum Gasteiger partial charge on any atom is -0.297 e. The van der Waals surface area contributed by atoms with Crippen molar-refractivity contribution in [3.63, 3.8) is 0 Å². The molecule has 2 rings (SSSR count). The molecule has 0 bridgehead atoms. The summed E-state index contributed by atoms with van der Waals surface area (Å²) in [6.45, 7) is 7.17. The predicted molar refractivity (Wildman–Crippen MR) is 86.9 cm³/mol. The lowest BCUT2D eigenvalue weighted by Gasteiger charge is -2.40. The van der Waals surface area contributed by atoms with Gasteiger partial charge in [-0.25, -0.2) is 0 Å². The van der Waals surface area contributed by atoms with E-state index in [0.29, 0.717) is 6.04 Å². The number of nitrogens with one attached hydrogen (secondary N) is 1. The highest BCUT2D eigenvalue weighted by Gasteiger charge is 2.35. The van der Waals surface area contributed by atoms with Crippen molar-refractivity contribution in [1.82, 2.24) is 10.2 Å². The van der Waals surface area contributed by atoms with Crippen LogP contribution in [0, 0.1) is 11.3 Å². The third-order valence-electron chi connectivity index (χ3n) is 4.52. The van der Waals surface area contributed by atoms with Gasteiger partial charge in [-0.3, -0.25) is 10.2 Å². The molecule has 3 nitrogen and oxygen atoms in total. The maximum absolute atomic E-state index is 9.93. The molecule has 0 aromatic heterocycles. The first-order valence-corrected chi connectivity index (χ1v) is 8.17. The van der Waals surface area contributed by atoms with E-state index in [2.05, 4.69) is 42.3 Å². The van der Waals surface area contributed by atoms with Crippen molar-refractivity contribution in [3.05, 3.63) is 35.9 Å². The van der Waals surface area contributed by atoms with Gasteiger partial charge in [0, 0.05) is 12.6 Å². The van der Waals surface area contributed by atoms with Gasteiger partial charge in [0.15, 0.2) is 0 Å². The van der Waals surface area contributed by atoms with E-state index in [0.717, 1.165) is 31.6 Å². The second-order valence-electron chi connectivity index (χ2n) is 6.13. The first kappa shape index (κ1) is 16.0. The Labute approximate surface area is 129 Å². The van der Waals surface area contributed by atoms with E-state index in [1.165, 1.54) is 19.3 Å². The van der Waals surface area contributed by atoms with Crippen molar-refractivity contribution < 1.29 is 0 Å². The zero-order chi connectivity index (χ0) is 15.1. The van der Waals surface area contributed by atoms with Crippen LogP contribution in [0.25, 0.3) is 0 Å². The average molecular weight is 285 g/mol. The van der Waals surface area contributed by atoms with E-state index in [9.17, 15) is 5.26 Å². The molecule has 21 heavy (non-hydrogen) atoms. The van der Waals surface area contributed by atoms with Crippen molar-refractivity contribution >= 4 is 0 Å². The first-order chi connectivity index (χ1) is 10.2. The normalized spacial score (nSPS) is 22.4. The second kappa shape index (κ2) is 7.59. The highest BCUT2D eigenvalue weighted by Crippen LogP contribution is 2.26. The van der Waals surface area contributed by atoms with E-state index in [4.69, 9.17) is 0 Å². The molecule has 0 spiro atoms. The molecule has 2 unspecified atom stereocenters. The molecule has 1 saturated heterocycles. The minimum absolute atomic E-state index is 0.568. The minimum atomic E-state index is -0.594. The summed E-state index contributed by atoms with van der Waals surface area (Å²) in [6, 6.07) is 13.3. The quantitative estimate of drug-likeness (QED) is 0.872. The molecule has 0 saturated carbocycles.